The number of hydrogen-bond acceptors (Lipinski definition) is 8. The molecule has 7 nitrogen and oxygen atoms in total. The van der Waals surface area contributed by atoms with Crippen LogP contribution in [0.2, 0.25) is 0 Å². The Morgan fingerprint density at radius 1 is 1.48 bits per heavy atom. The molecule has 1 aliphatic heterocycles. The van der Waals surface area contributed by atoms with Crippen molar-refractivity contribution in [2.45, 2.75) is 13.3 Å². The molecule has 1 aliphatic rings. The number of rotatable bonds is 7. The molecule has 1 aromatic carbocycles. The third-order valence-corrected chi connectivity index (χ3v) is 5.39. The predicted molar refractivity (Wildman–Crippen MR) is 111 cm³/mol. The minimum absolute atomic E-state index is 0.171. The maximum absolute atomic E-state index is 11.5. The van der Waals surface area contributed by atoms with Gasteiger partial charge in [-0.05, 0) is 19.1 Å². The first-order chi connectivity index (χ1) is 13.2. The minimum atomic E-state index is -0.276. The molecule has 1 fully saturated rings. The number of benzene rings is 1. The Balaban J connectivity index is 1.56. The number of hydrogen-bond donors (Lipinski definition) is 1. The molecule has 0 unspecified atom stereocenters. The summed E-state index contributed by atoms with van der Waals surface area (Å²) in [7, 11) is 0. The van der Waals surface area contributed by atoms with Crippen LogP contribution >= 0.6 is 27.3 Å². The van der Waals surface area contributed by atoms with Crippen molar-refractivity contribution in [2.75, 3.05) is 43.2 Å². The van der Waals surface area contributed by atoms with Gasteiger partial charge in [0.15, 0.2) is 0 Å². The van der Waals surface area contributed by atoms with E-state index in [1.165, 1.54) is 17.0 Å². The highest BCUT2D eigenvalue weighted by Gasteiger charge is 2.12. The van der Waals surface area contributed by atoms with E-state index in [4.69, 9.17) is 9.47 Å². The molecule has 2 aromatic rings. The SMILES string of the molecule is CCOC(=O)Cc1csc(NN=Cc2ccc(N3CCOCC3)cc2Br)n1. The number of aromatic nitrogens is 1. The largest absolute Gasteiger partial charge is 0.466 e. The maximum atomic E-state index is 11.5. The van der Waals surface area contributed by atoms with Crippen LogP contribution < -0.4 is 10.3 Å². The van der Waals surface area contributed by atoms with Crippen molar-refractivity contribution in [2.24, 2.45) is 5.10 Å². The van der Waals surface area contributed by atoms with Crippen molar-refractivity contribution in [3.05, 3.63) is 39.3 Å². The first-order valence-corrected chi connectivity index (χ1v) is 10.3. The number of nitrogens with one attached hydrogen (secondary N) is 1. The Kier molecular flexibility index (Phi) is 7.19. The van der Waals surface area contributed by atoms with Crippen molar-refractivity contribution in [1.29, 1.82) is 0 Å². The third-order valence-electron chi connectivity index (χ3n) is 3.91. The van der Waals surface area contributed by atoms with Gasteiger partial charge in [0.05, 0.1) is 38.1 Å². The van der Waals surface area contributed by atoms with E-state index in [1.807, 2.05) is 11.4 Å². The van der Waals surface area contributed by atoms with E-state index >= 15 is 0 Å². The molecule has 27 heavy (non-hydrogen) atoms. The fourth-order valence-electron chi connectivity index (χ4n) is 2.60. The predicted octanol–water partition coefficient (Wildman–Crippen LogP) is 3.29. The van der Waals surface area contributed by atoms with Gasteiger partial charge in [0.1, 0.15) is 0 Å². The van der Waals surface area contributed by atoms with Crippen LogP contribution in [0, 0.1) is 0 Å². The topological polar surface area (TPSA) is 76.0 Å². The number of morpholine rings is 1. The third kappa shape index (κ3) is 5.75. The number of hydrazone groups is 1. The summed E-state index contributed by atoms with van der Waals surface area (Å²) in [5.74, 6) is -0.276. The summed E-state index contributed by atoms with van der Waals surface area (Å²) in [4.78, 5) is 18.1. The highest BCUT2D eigenvalue weighted by molar-refractivity contribution is 9.10. The zero-order valence-corrected chi connectivity index (χ0v) is 17.4. The Morgan fingerprint density at radius 2 is 2.30 bits per heavy atom. The molecule has 0 bridgehead atoms. The van der Waals surface area contributed by atoms with E-state index in [2.05, 4.69) is 48.5 Å². The Bertz CT molecular complexity index is 806. The number of nitrogens with zero attached hydrogens (tertiary/aromatic N) is 3. The van der Waals surface area contributed by atoms with Crippen LogP contribution in [0.4, 0.5) is 10.8 Å². The summed E-state index contributed by atoms with van der Waals surface area (Å²) in [5.41, 5.74) is 5.70. The average Bonchev–Trinajstić information content (AvgIpc) is 3.11. The molecule has 2 heterocycles. The van der Waals surface area contributed by atoms with Gasteiger partial charge in [-0.15, -0.1) is 11.3 Å². The van der Waals surface area contributed by atoms with Crippen molar-refractivity contribution >= 4 is 50.3 Å². The number of halogens is 1. The second-order valence-electron chi connectivity index (χ2n) is 5.80. The van der Waals surface area contributed by atoms with Crippen molar-refractivity contribution in [3.63, 3.8) is 0 Å². The summed E-state index contributed by atoms with van der Waals surface area (Å²) in [6.45, 7) is 5.48. The summed E-state index contributed by atoms with van der Waals surface area (Å²) >= 11 is 5.00. The second-order valence-corrected chi connectivity index (χ2v) is 7.51. The highest BCUT2D eigenvalue weighted by atomic mass is 79.9. The van der Waals surface area contributed by atoms with Crippen LogP contribution in [-0.2, 0) is 20.7 Å². The van der Waals surface area contributed by atoms with E-state index in [0.717, 1.165) is 36.3 Å². The average molecular weight is 453 g/mol. The zero-order valence-electron chi connectivity index (χ0n) is 15.0. The van der Waals surface area contributed by atoms with E-state index in [-0.39, 0.29) is 12.4 Å². The van der Waals surface area contributed by atoms with Gasteiger partial charge in [-0.1, -0.05) is 22.0 Å². The lowest BCUT2D eigenvalue weighted by atomic mass is 10.2. The van der Waals surface area contributed by atoms with Crippen LogP contribution in [0.3, 0.4) is 0 Å². The highest BCUT2D eigenvalue weighted by Crippen LogP contribution is 2.24. The summed E-state index contributed by atoms with van der Waals surface area (Å²) in [5, 5.41) is 6.69. The Morgan fingerprint density at radius 3 is 3.04 bits per heavy atom. The van der Waals surface area contributed by atoms with Gasteiger partial charge in [-0.3, -0.25) is 10.2 Å². The maximum Gasteiger partial charge on any atom is 0.311 e. The summed E-state index contributed by atoms with van der Waals surface area (Å²) in [6, 6.07) is 6.19. The molecule has 1 aromatic heterocycles. The molecular formula is C18H21BrN4O3S. The Labute approximate surface area is 170 Å². The number of thiazole rings is 1. The lowest BCUT2D eigenvalue weighted by Gasteiger charge is -2.29. The molecule has 3 rings (SSSR count). The van der Waals surface area contributed by atoms with E-state index in [9.17, 15) is 4.79 Å². The number of carbonyl (C=O) groups excluding carboxylic acids is 1. The zero-order chi connectivity index (χ0) is 19.1. The molecule has 0 saturated carbocycles. The molecule has 144 valence electrons. The molecule has 1 N–H and O–H groups in total. The normalized spacial score (nSPS) is 14.5. The molecule has 0 radical (unpaired) electrons. The van der Waals surface area contributed by atoms with Crippen molar-refractivity contribution < 1.29 is 14.3 Å². The molecule has 0 amide bonds. The van der Waals surface area contributed by atoms with Gasteiger partial charge in [-0.2, -0.15) is 5.10 Å². The number of anilines is 2. The molecule has 0 aliphatic carbocycles. The fraction of sp³-hybridized carbons (Fsp3) is 0.389. The smallest absolute Gasteiger partial charge is 0.311 e. The van der Waals surface area contributed by atoms with Gasteiger partial charge in [0.25, 0.3) is 0 Å². The van der Waals surface area contributed by atoms with Crippen LogP contribution in [0.5, 0.6) is 0 Å². The van der Waals surface area contributed by atoms with E-state index in [0.29, 0.717) is 17.4 Å². The van der Waals surface area contributed by atoms with Gasteiger partial charge < -0.3 is 14.4 Å². The van der Waals surface area contributed by atoms with Crippen LogP contribution in [-0.4, -0.2) is 50.1 Å². The first-order valence-electron chi connectivity index (χ1n) is 8.67. The van der Waals surface area contributed by atoms with Crippen LogP contribution in [0.15, 0.2) is 33.2 Å². The van der Waals surface area contributed by atoms with Gasteiger partial charge in [-0.25, -0.2) is 4.98 Å². The second kappa shape index (κ2) is 9.82. The van der Waals surface area contributed by atoms with Crippen molar-refractivity contribution in [3.8, 4) is 0 Å². The minimum Gasteiger partial charge on any atom is -0.466 e. The number of carbonyl (C=O) groups is 1. The van der Waals surface area contributed by atoms with Crippen LogP contribution in [0.25, 0.3) is 0 Å². The summed E-state index contributed by atoms with van der Waals surface area (Å²) < 4.78 is 11.3. The first kappa shape index (κ1) is 19.8. The quantitative estimate of drug-likeness (QED) is 0.394. The van der Waals surface area contributed by atoms with Gasteiger partial charge in [0.2, 0.25) is 5.13 Å². The van der Waals surface area contributed by atoms with Gasteiger partial charge in [0, 0.05) is 34.2 Å². The fourth-order valence-corrected chi connectivity index (χ4v) is 3.72. The standard InChI is InChI=1S/C18H21BrN4O3S/c1-2-26-17(24)9-14-12-27-18(21-14)22-20-11-13-3-4-15(10-16(13)19)23-5-7-25-8-6-23/h3-4,10-12H,2,5-9H2,1H3,(H,21,22). The van der Waals surface area contributed by atoms with Gasteiger partial charge >= 0.3 is 5.97 Å². The Hall–Kier alpha value is -1.97. The number of esters is 1. The summed E-state index contributed by atoms with van der Waals surface area (Å²) in [6.07, 6.45) is 1.91. The lowest BCUT2D eigenvalue weighted by Crippen LogP contribution is -2.36. The van der Waals surface area contributed by atoms with Crippen LogP contribution in [0.1, 0.15) is 18.2 Å². The van der Waals surface area contributed by atoms with E-state index < -0.39 is 0 Å². The lowest BCUT2D eigenvalue weighted by molar-refractivity contribution is -0.142. The molecular weight excluding hydrogens is 432 g/mol. The molecule has 9 heteroatoms. The molecule has 0 spiro atoms. The monoisotopic (exact) mass is 452 g/mol. The van der Waals surface area contributed by atoms with Crippen molar-refractivity contribution in [1.82, 2.24) is 4.98 Å². The molecule has 1 saturated heterocycles. The molecule has 0 atom stereocenters. The number of ether oxygens (including phenoxy) is 2. The van der Waals surface area contributed by atoms with E-state index in [1.54, 1.807) is 13.1 Å².